The first-order chi connectivity index (χ1) is 18.6. The Morgan fingerprint density at radius 1 is 1.00 bits per heavy atom. The third-order valence-electron chi connectivity index (χ3n) is 6.58. The number of hydrogen-bond acceptors (Lipinski definition) is 7. The first-order valence-electron chi connectivity index (χ1n) is 12.5. The Labute approximate surface area is 225 Å². The fourth-order valence-electron chi connectivity index (χ4n) is 4.74. The average molecular weight is 552 g/mol. The van der Waals surface area contributed by atoms with Gasteiger partial charge in [0.15, 0.2) is 0 Å². The Balaban J connectivity index is 2.10. The topological polar surface area (TPSA) is 91.4 Å². The van der Waals surface area contributed by atoms with Crippen LogP contribution in [-0.2, 0) is 25.2 Å². The summed E-state index contributed by atoms with van der Waals surface area (Å²) in [6.45, 7) is 0.229. The highest BCUT2D eigenvalue weighted by molar-refractivity contribution is 6.04. The molecule has 1 saturated carbocycles. The lowest BCUT2D eigenvalue weighted by Gasteiger charge is -2.36. The van der Waals surface area contributed by atoms with Crippen molar-refractivity contribution in [3.63, 3.8) is 0 Å². The maximum absolute atomic E-state index is 13.8. The zero-order chi connectivity index (χ0) is 28.6. The highest BCUT2D eigenvalue weighted by atomic mass is 19.4. The number of hydrogen-bond donors (Lipinski definition) is 0. The number of ether oxygens (including phenoxy) is 4. The lowest BCUT2D eigenvalue weighted by atomic mass is 9.87. The zero-order valence-electron chi connectivity index (χ0n) is 22.1. The maximum atomic E-state index is 13.8. The second kappa shape index (κ2) is 13.6. The molecule has 1 aliphatic rings. The highest BCUT2D eigenvalue weighted by Gasteiger charge is 2.36. The average Bonchev–Trinajstić information content (AvgIpc) is 2.93. The van der Waals surface area contributed by atoms with E-state index in [1.807, 2.05) is 0 Å². The molecule has 0 aromatic heterocycles. The van der Waals surface area contributed by atoms with Crippen molar-refractivity contribution in [3.8, 4) is 11.5 Å². The van der Waals surface area contributed by atoms with Crippen molar-refractivity contribution in [2.24, 2.45) is 5.92 Å². The summed E-state index contributed by atoms with van der Waals surface area (Å²) in [6, 6.07) is 6.36. The van der Waals surface area contributed by atoms with Crippen molar-refractivity contribution in [2.75, 3.05) is 39.4 Å². The van der Waals surface area contributed by atoms with Crippen LogP contribution in [-0.4, -0.2) is 58.7 Å². The van der Waals surface area contributed by atoms with E-state index >= 15 is 0 Å². The molecule has 2 aromatic carbocycles. The Hall–Kier alpha value is -3.44. The van der Waals surface area contributed by atoms with Gasteiger partial charge in [-0.2, -0.15) is 13.2 Å². The standard InChI is InChI=1S/C28H32F3NO7/c1-36-16-20(17-37-2)32(26(34)19-7-5-4-6-8-19)24-11-10-21(14-22(24)27(35)38-3)39-25-12-9-18(15-33)13-23(25)28(29,30)31/h9-15,19-20H,4-8,16-17H2,1-3H3. The van der Waals surface area contributed by atoms with E-state index in [4.69, 9.17) is 18.9 Å². The summed E-state index contributed by atoms with van der Waals surface area (Å²) in [6.07, 6.45) is -0.235. The smallest absolute Gasteiger partial charge is 0.420 e. The number of halogens is 3. The van der Waals surface area contributed by atoms with Crippen LogP contribution in [0.3, 0.4) is 0 Å². The first kappa shape index (κ1) is 30.1. The molecular formula is C28H32F3NO7. The number of esters is 1. The van der Waals surface area contributed by atoms with Gasteiger partial charge in [0.05, 0.1) is 43.2 Å². The molecule has 39 heavy (non-hydrogen) atoms. The predicted octanol–water partition coefficient (Wildman–Crippen LogP) is 5.67. The molecule has 0 saturated heterocycles. The number of aldehydes is 1. The molecule has 0 spiro atoms. The molecule has 1 fully saturated rings. The molecule has 0 N–H and O–H groups in total. The minimum Gasteiger partial charge on any atom is -0.465 e. The van der Waals surface area contributed by atoms with Gasteiger partial charge in [0.25, 0.3) is 0 Å². The largest absolute Gasteiger partial charge is 0.465 e. The number of carbonyl (C=O) groups is 3. The van der Waals surface area contributed by atoms with Gasteiger partial charge in [0.2, 0.25) is 5.91 Å². The summed E-state index contributed by atoms with van der Waals surface area (Å²) in [5.74, 6) is -1.91. The van der Waals surface area contributed by atoms with Gasteiger partial charge in [-0.25, -0.2) is 4.79 Å². The Morgan fingerprint density at radius 3 is 2.23 bits per heavy atom. The Bertz CT molecular complexity index is 1160. The molecule has 8 nitrogen and oxygen atoms in total. The molecule has 1 aliphatic carbocycles. The monoisotopic (exact) mass is 551 g/mol. The first-order valence-corrected chi connectivity index (χ1v) is 12.5. The highest BCUT2D eigenvalue weighted by Crippen LogP contribution is 2.40. The van der Waals surface area contributed by atoms with E-state index in [1.54, 1.807) is 0 Å². The molecule has 2 aromatic rings. The lowest BCUT2D eigenvalue weighted by Crippen LogP contribution is -2.49. The number of rotatable bonds is 11. The normalized spacial score (nSPS) is 14.2. The summed E-state index contributed by atoms with van der Waals surface area (Å²) in [7, 11) is 4.13. The minimum absolute atomic E-state index is 0.0746. The quantitative estimate of drug-likeness (QED) is 0.262. The van der Waals surface area contributed by atoms with Crippen LogP contribution in [0.25, 0.3) is 0 Å². The molecule has 0 unspecified atom stereocenters. The molecule has 0 atom stereocenters. The van der Waals surface area contributed by atoms with Gasteiger partial charge in [-0.1, -0.05) is 19.3 Å². The Morgan fingerprint density at radius 2 is 1.67 bits per heavy atom. The predicted molar refractivity (Wildman–Crippen MR) is 136 cm³/mol. The lowest BCUT2D eigenvalue weighted by molar-refractivity contribution is -0.138. The number of amides is 1. The van der Waals surface area contributed by atoms with E-state index in [-0.39, 0.29) is 47.6 Å². The number of alkyl halides is 3. The molecule has 212 valence electrons. The van der Waals surface area contributed by atoms with Gasteiger partial charge < -0.3 is 23.8 Å². The van der Waals surface area contributed by atoms with E-state index in [0.29, 0.717) is 25.2 Å². The van der Waals surface area contributed by atoms with E-state index in [0.717, 1.165) is 32.4 Å². The van der Waals surface area contributed by atoms with Crippen molar-refractivity contribution >= 4 is 23.9 Å². The molecule has 3 rings (SSSR count). The van der Waals surface area contributed by atoms with Gasteiger partial charge in [-0.15, -0.1) is 0 Å². The fourth-order valence-corrected chi connectivity index (χ4v) is 4.74. The van der Waals surface area contributed by atoms with Crippen molar-refractivity contribution in [3.05, 3.63) is 53.1 Å². The molecule has 0 bridgehead atoms. The SMILES string of the molecule is COCC(COC)N(C(=O)C1CCCCC1)c1ccc(Oc2ccc(C=O)cc2C(F)(F)F)cc1C(=O)OC. The van der Waals surface area contributed by atoms with Crippen molar-refractivity contribution in [2.45, 2.75) is 44.3 Å². The fraction of sp³-hybridized carbons (Fsp3) is 0.464. The molecule has 0 heterocycles. The van der Waals surface area contributed by atoms with Crippen LogP contribution < -0.4 is 9.64 Å². The van der Waals surface area contributed by atoms with Gasteiger partial charge in [-0.3, -0.25) is 9.59 Å². The molecule has 11 heteroatoms. The summed E-state index contributed by atoms with van der Waals surface area (Å²) in [5, 5.41) is 0. The number of carbonyl (C=O) groups excluding carboxylic acids is 3. The van der Waals surface area contributed by atoms with E-state index in [9.17, 15) is 27.6 Å². The Kier molecular flexibility index (Phi) is 10.5. The zero-order valence-corrected chi connectivity index (χ0v) is 22.1. The van der Waals surface area contributed by atoms with Crippen LogP contribution in [0.4, 0.5) is 18.9 Å². The van der Waals surface area contributed by atoms with Crippen LogP contribution in [0.2, 0.25) is 0 Å². The van der Waals surface area contributed by atoms with Crippen LogP contribution in [0.5, 0.6) is 11.5 Å². The van der Waals surface area contributed by atoms with Gasteiger partial charge in [0.1, 0.15) is 17.8 Å². The summed E-state index contributed by atoms with van der Waals surface area (Å²) in [4.78, 5) is 39.2. The van der Waals surface area contributed by atoms with Crippen LogP contribution >= 0.6 is 0 Å². The second-order valence-corrected chi connectivity index (χ2v) is 9.25. The van der Waals surface area contributed by atoms with E-state index in [2.05, 4.69) is 0 Å². The maximum Gasteiger partial charge on any atom is 0.420 e. The van der Waals surface area contributed by atoms with Crippen molar-refractivity contribution < 1.29 is 46.5 Å². The van der Waals surface area contributed by atoms with E-state index < -0.39 is 29.5 Å². The van der Waals surface area contributed by atoms with Crippen LogP contribution in [0.1, 0.15) is 58.4 Å². The third-order valence-corrected chi connectivity index (χ3v) is 6.58. The van der Waals surface area contributed by atoms with Crippen molar-refractivity contribution in [1.29, 1.82) is 0 Å². The number of nitrogens with zero attached hydrogens (tertiary/aromatic N) is 1. The third kappa shape index (κ3) is 7.36. The molecular weight excluding hydrogens is 519 g/mol. The van der Waals surface area contributed by atoms with Crippen LogP contribution in [0.15, 0.2) is 36.4 Å². The summed E-state index contributed by atoms with van der Waals surface area (Å²) >= 11 is 0. The second-order valence-electron chi connectivity index (χ2n) is 9.25. The summed E-state index contributed by atoms with van der Waals surface area (Å²) < 4.78 is 62.2. The van der Waals surface area contributed by atoms with Gasteiger partial charge >= 0.3 is 12.1 Å². The summed E-state index contributed by atoms with van der Waals surface area (Å²) in [5.41, 5.74) is -1.18. The van der Waals surface area contributed by atoms with Crippen molar-refractivity contribution in [1.82, 2.24) is 0 Å². The van der Waals surface area contributed by atoms with E-state index in [1.165, 1.54) is 43.4 Å². The van der Waals surface area contributed by atoms with Gasteiger partial charge in [0, 0.05) is 25.7 Å². The number of benzene rings is 2. The number of anilines is 1. The van der Waals surface area contributed by atoms with Crippen LogP contribution in [0, 0.1) is 5.92 Å². The molecule has 0 radical (unpaired) electrons. The molecule has 1 amide bonds. The molecule has 0 aliphatic heterocycles. The minimum atomic E-state index is -4.80. The number of methoxy groups -OCH3 is 3. The van der Waals surface area contributed by atoms with Gasteiger partial charge in [-0.05, 0) is 49.2 Å².